The largest absolute Gasteiger partial charge is 0.507 e. The molecule has 6 aromatic rings. The molecule has 8 heteroatoms. The Morgan fingerprint density at radius 2 is 0.980 bits per heavy atom. The summed E-state index contributed by atoms with van der Waals surface area (Å²) in [5.41, 5.74) is 9.56. The van der Waals surface area contributed by atoms with Gasteiger partial charge in [0.25, 0.3) is 0 Å². The first-order valence-corrected chi connectivity index (χ1v) is 17.9. The highest BCUT2D eigenvalue weighted by molar-refractivity contribution is 5.95. The van der Waals surface area contributed by atoms with E-state index < -0.39 is 0 Å². The number of aromatic hydroxyl groups is 2. The quantitative estimate of drug-likeness (QED) is 0.0864. The number of nitrogens with zero attached hydrogens (tertiary/aromatic N) is 4. The van der Waals surface area contributed by atoms with Crippen LogP contribution in [0.3, 0.4) is 0 Å². The standard InChI is InChI=1S/C41H50N6O2/c1-7-9-11-19-40(3,4)28-22-26(38(48)32(24-28)30-15-13-17-34-36(30)44-46-42-34)21-27-23-29(41(5,6)20-12-10-8-2)25-33(39(27)49)31-16-14-18-35-37(31)45-47-43-35/h13-18,22-25,48-49H,7-12,19-21H2,1-6H3,(H,42,44,46)(H,43,45,47). The zero-order chi connectivity index (χ0) is 34.8. The van der Waals surface area contributed by atoms with Crippen LogP contribution in [0, 0.1) is 0 Å². The number of hydrogen-bond acceptors (Lipinski definition) is 6. The van der Waals surface area contributed by atoms with Gasteiger partial charge in [0.1, 0.15) is 33.6 Å². The lowest BCUT2D eigenvalue weighted by atomic mass is 9.76. The zero-order valence-electron chi connectivity index (χ0n) is 29.8. The number of nitrogens with one attached hydrogen (secondary N) is 2. The number of fused-ring (bicyclic) bond motifs is 2. The summed E-state index contributed by atoms with van der Waals surface area (Å²) < 4.78 is 0. The average Bonchev–Trinajstić information content (AvgIpc) is 3.77. The van der Waals surface area contributed by atoms with Crippen molar-refractivity contribution in [3.8, 4) is 33.8 Å². The first kappa shape index (κ1) is 34.2. The lowest BCUT2D eigenvalue weighted by Crippen LogP contribution is -2.18. The molecule has 0 aliphatic rings. The van der Waals surface area contributed by atoms with Crippen LogP contribution < -0.4 is 0 Å². The van der Waals surface area contributed by atoms with Gasteiger partial charge in [-0.15, -0.1) is 0 Å². The second-order valence-corrected chi connectivity index (χ2v) is 14.9. The van der Waals surface area contributed by atoms with E-state index in [2.05, 4.69) is 96.6 Å². The number of aromatic amines is 2. The molecule has 6 rings (SSSR count). The lowest BCUT2D eigenvalue weighted by Gasteiger charge is -2.29. The summed E-state index contributed by atoms with van der Waals surface area (Å²) in [5, 5.41) is 47.2. The highest BCUT2D eigenvalue weighted by Crippen LogP contribution is 2.45. The summed E-state index contributed by atoms with van der Waals surface area (Å²) in [5.74, 6) is 0.381. The molecule has 0 atom stereocenters. The molecule has 256 valence electrons. The number of rotatable bonds is 14. The number of unbranched alkanes of at least 4 members (excludes halogenated alkanes) is 4. The molecular weight excluding hydrogens is 608 g/mol. The van der Waals surface area contributed by atoms with E-state index in [-0.39, 0.29) is 22.3 Å². The van der Waals surface area contributed by atoms with Gasteiger partial charge in [-0.25, -0.2) is 0 Å². The first-order valence-electron chi connectivity index (χ1n) is 17.9. The van der Waals surface area contributed by atoms with Crippen molar-refractivity contribution in [2.24, 2.45) is 0 Å². The molecule has 2 heterocycles. The first-order chi connectivity index (χ1) is 23.5. The number of para-hydroxylation sites is 2. The SMILES string of the molecule is CCCCCC(C)(C)c1cc(Cc2cc(C(C)(C)CCCCC)cc(-c3cccc4n[nH]nc34)c2O)c(O)c(-c2cccc3n[nH]nc23)c1. The fourth-order valence-electron chi connectivity index (χ4n) is 7.15. The molecule has 4 aromatic carbocycles. The summed E-state index contributed by atoms with van der Waals surface area (Å²) in [6, 6.07) is 20.3. The fourth-order valence-corrected chi connectivity index (χ4v) is 7.15. The summed E-state index contributed by atoms with van der Waals surface area (Å²) in [4.78, 5) is 0. The predicted molar refractivity (Wildman–Crippen MR) is 199 cm³/mol. The van der Waals surface area contributed by atoms with E-state index in [4.69, 9.17) is 0 Å². The van der Waals surface area contributed by atoms with Gasteiger partial charge in [-0.05, 0) is 70.2 Å². The Kier molecular flexibility index (Phi) is 9.77. The van der Waals surface area contributed by atoms with Crippen LogP contribution in [0.5, 0.6) is 11.5 Å². The molecule has 49 heavy (non-hydrogen) atoms. The van der Waals surface area contributed by atoms with Crippen LogP contribution in [0.25, 0.3) is 44.3 Å². The molecule has 8 nitrogen and oxygen atoms in total. The second kappa shape index (κ2) is 14.0. The number of benzene rings is 4. The van der Waals surface area contributed by atoms with Gasteiger partial charge < -0.3 is 10.2 Å². The molecule has 0 fully saturated rings. The molecule has 0 amide bonds. The normalized spacial score (nSPS) is 12.4. The number of hydrogen-bond donors (Lipinski definition) is 4. The van der Waals surface area contributed by atoms with Gasteiger partial charge in [-0.2, -0.15) is 30.8 Å². The maximum absolute atomic E-state index is 12.1. The van der Waals surface area contributed by atoms with Crippen molar-refractivity contribution in [2.75, 3.05) is 0 Å². The summed E-state index contributed by atoms with van der Waals surface area (Å²) in [7, 11) is 0. The Bertz CT molecular complexity index is 1920. The van der Waals surface area contributed by atoms with Crippen molar-refractivity contribution in [3.63, 3.8) is 0 Å². The molecule has 0 spiro atoms. The van der Waals surface area contributed by atoms with E-state index >= 15 is 0 Å². The van der Waals surface area contributed by atoms with Crippen molar-refractivity contribution in [2.45, 2.75) is 110 Å². The molecule has 0 bridgehead atoms. The van der Waals surface area contributed by atoms with E-state index in [0.717, 1.165) is 94.1 Å². The Morgan fingerprint density at radius 1 is 0.551 bits per heavy atom. The van der Waals surface area contributed by atoms with E-state index in [9.17, 15) is 10.2 Å². The Hall–Kier alpha value is -4.72. The topological polar surface area (TPSA) is 124 Å². The van der Waals surface area contributed by atoms with Crippen LogP contribution in [0.2, 0.25) is 0 Å². The van der Waals surface area contributed by atoms with Gasteiger partial charge in [-0.1, -0.05) is 116 Å². The Labute approximate surface area is 289 Å². The monoisotopic (exact) mass is 658 g/mol. The van der Waals surface area contributed by atoms with Gasteiger partial charge in [0.15, 0.2) is 0 Å². The fraction of sp³-hybridized carbons (Fsp3) is 0.415. The van der Waals surface area contributed by atoms with Crippen LogP contribution >= 0.6 is 0 Å². The molecule has 0 saturated heterocycles. The zero-order valence-corrected chi connectivity index (χ0v) is 29.8. The van der Waals surface area contributed by atoms with Crippen molar-refractivity contribution in [1.29, 1.82) is 0 Å². The van der Waals surface area contributed by atoms with Crippen LogP contribution in [-0.2, 0) is 17.3 Å². The predicted octanol–water partition coefficient (Wildman–Crippen LogP) is 10.3. The third kappa shape index (κ3) is 6.91. The molecule has 0 saturated carbocycles. The van der Waals surface area contributed by atoms with Crippen LogP contribution in [-0.4, -0.2) is 41.0 Å². The van der Waals surface area contributed by atoms with Gasteiger partial charge in [0.2, 0.25) is 0 Å². The number of aromatic nitrogens is 6. The van der Waals surface area contributed by atoms with E-state index in [0.29, 0.717) is 17.5 Å². The number of phenols is 2. The summed E-state index contributed by atoms with van der Waals surface area (Å²) >= 11 is 0. The maximum Gasteiger partial charge on any atom is 0.127 e. The van der Waals surface area contributed by atoms with Gasteiger partial charge in [0, 0.05) is 28.7 Å². The smallest absolute Gasteiger partial charge is 0.127 e. The van der Waals surface area contributed by atoms with Gasteiger partial charge in [-0.3, -0.25) is 0 Å². The Balaban J connectivity index is 1.54. The molecule has 2 aromatic heterocycles. The van der Waals surface area contributed by atoms with Crippen molar-refractivity contribution in [1.82, 2.24) is 30.8 Å². The molecule has 4 N–H and O–H groups in total. The van der Waals surface area contributed by atoms with Gasteiger partial charge >= 0.3 is 0 Å². The third-order valence-corrected chi connectivity index (χ3v) is 10.4. The van der Waals surface area contributed by atoms with E-state index in [1.165, 1.54) is 12.8 Å². The lowest BCUT2D eigenvalue weighted by molar-refractivity contribution is 0.443. The van der Waals surface area contributed by atoms with Crippen molar-refractivity contribution < 1.29 is 10.2 Å². The van der Waals surface area contributed by atoms with E-state index in [1.54, 1.807) is 0 Å². The third-order valence-electron chi connectivity index (χ3n) is 10.4. The van der Waals surface area contributed by atoms with Crippen molar-refractivity contribution >= 4 is 22.1 Å². The second-order valence-electron chi connectivity index (χ2n) is 14.9. The molecule has 0 unspecified atom stereocenters. The van der Waals surface area contributed by atoms with Crippen LogP contribution in [0.15, 0.2) is 60.7 Å². The Morgan fingerprint density at radius 3 is 1.39 bits per heavy atom. The minimum Gasteiger partial charge on any atom is -0.507 e. The molecular formula is C41H50N6O2. The molecule has 0 aliphatic heterocycles. The maximum atomic E-state index is 12.1. The number of H-pyrrole nitrogens is 2. The van der Waals surface area contributed by atoms with E-state index in [1.807, 2.05) is 36.4 Å². The molecule has 0 aliphatic carbocycles. The summed E-state index contributed by atoms with van der Waals surface area (Å²) in [6.07, 6.45) is 9.32. The van der Waals surface area contributed by atoms with Crippen LogP contribution in [0.4, 0.5) is 0 Å². The van der Waals surface area contributed by atoms with Crippen molar-refractivity contribution in [3.05, 3.63) is 82.9 Å². The van der Waals surface area contributed by atoms with Gasteiger partial charge in [0.05, 0.1) is 0 Å². The minimum absolute atomic E-state index is 0.136. The minimum atomic E-state index is -0.136. The summed E-state index contributed by atoms with van der Waals surface area (Å²) in [6.45, 7) is 13.6. The average molecular weight is 659 g/mol. The van der Waals surface area contributed by atoms with Crippen LogP contribution in [0.1, 0.15) is 115 Å². The highest BCUT2D eigenvalue weighted by Gasteiger charge is 2.28. The highest BCUT2D eigenvalue weighted by atomic mass is 16.3. The number of phenolic OH excluding ortho intramolecular Hbond substituents is 2. The molecule has 0 radical (unpaired) electrons.